The van der Waals surface area contributed by atoms with Crippen molar-refractivity contribution in [2.75, 3.05) is 26.5 Å². The molecule has 1 aliphatic carbocycles. The molecule has 0 radical (unpaired) electrons. The van der Waals surface area contributed by atoms with Crippen LogP contribution in [0.5, 0.6) is 0 Å². The van der Waals surface area contributed by atoms with Gasteiger partial charge in [-0.2, -0.15) is 0 Å². The van der Waals surface area contributed by atoms with E-state index in [2.05, 4.69) is 45.3 Å². The third kappa shape index (κ3) is 5.13. The van der Waals surface area contributed by atoms with Crippen LogP contribution >= 0.6 is 0 Å². The van der Waals surface area contributed by atoms with Gasteiger partial charge in [0.1, 0.15) is 5.82 Å². The highest BCUT2D eigenvalue weighted by molar-refractivity contribution is 5.89. The predicted octanol–water partition coefficient (Wildman–Crippen LogP) is 5.64. The van der Waals surface area contributed by atoms with Crippen molar-refractivity contribution in [3.63, 3.8) is 0 Å². The molecule has 1 saturated carbocycles. The van der Waals surface area contributed by atoms with Crippen molar-refractivity contribution < 1.29 is 0 Å². The predicted molar refractivity (Wildman–Crippen MR) is 131 cm³/mol. The van der Waals surface area contributed by atoms with E-state index in [4.69, 9.17) is 4.98 Å². The zero-order chi connectivity index (χ0) is 22.4. The van der Waals surface area contributed by atoms with Gasteiger partial charge < -0.3 is 10.2 Å². The minimum atomic E-state index is 0.600. The molecular formula is C25H36N6. The molecule has 0 amide bonds. The van der Waals surface area contributed by atoms with Gasteiger partial charge in [0.25, 0.3) is 0 Å². The smallest absolute Gasteiger partial charge is 0.126 e. The minimum Gasteiger partial charge on any atom is -0.373 e. The van der Waals surface area contributed by atoms with Gasteiger partial charge in [-0.15, -0.1) is 5.10 Å². The van der Waals surface area contributed by atoms with Crippen LogP contribution in [-0.2, 0) is 6.54 Å². The van der Waals surface area contributed by atoms with Crippen LogP contribution in [0.4, 0.5) is 5.82 Å². The van der Waals surface area contributed by atoms with E-state index in [1.165, 1.54) is 43.1 Å². The van der Waals surface area contributed by atoms with E-state index < -0.39 is 0 Å². The van der Waals surface area contributed by atoms with Crippen LogP contribution in [0.1, 0.15) is 68.7 Å². The Balaban J connectivity index is 0.00000132. The highest BCUT2D eigenvalue weighted by Gasteiger charge is 2.20. The number of hydrogen-bond acceptors (Lipinski definition) is 5. The van der Waals surface area contributed by atoms with Gasteiger partial charge in [0.05, 0.1) is 23.1 Å². The van der Waals surface area contributed by atoms with E-state index in [1.807, 2.05) is 51.9 Å². The van der Waals surface area contributed by atoms with E-state index >= 15 is 0 Å². The number of nitrogens with zero attached hydrogens (tertiary/aromatic N) is 5. The molecule has 1 aromatic carbocycles. The monoisotopic (exact) mass is 420 g/mol. The van der Waals surface area contributed by atoms with Crippen molar-refractivity contribution in [1.82, 2.24) is 24.9 Å². The fourth-order valence-corrected chi connectivity index (χ4v) is 4.36. The summed E-state index contributed by atoms with van der Waals surface area (Å²) in [6.07, 6.45) is 10.4. The Morgan fingerprint density at radius 3 is 2.55 bits per heavy atom. The van der Waals surface area contributed by atoms with E-state index in [9.17, 15) is 0 Å². The fourth-order valence-electron chi connectivity index (χ4n) is 4.36. The maximum Gasteiger partial charge on any atom is 0.126 e. The first-order valence-electron chi connectivity index (χ1n) is 11.4. The summed E-state index contributed by atoms with van der Waals surface area (Å²) in [5, 5.41) is 13.1. The van der Waals surface area contributed by atoms with Crippen LogP contribution in [-0.4, -0.2) is 46.0 Å². The van der Waals surface area contributed by atoms with Gasteiger partial charge in [-0.1, -0.05) is 51.0 Å². The zero-order valence-corrected chi connectivity index (χ0v) is 19.6. The number of anilines is 1. The molecule has 6 heteroatoms. The summed E-state index contributed by atoms with van der Waals surface area (Å²) in [4.78, 5) is 6.93. The first-order valence-corrected chi connectivity index (χ1v) is 11.4. The second kappa shape index (κ2) is 10.5. The standard InChI is InChI=1S/C23H30N6.C2H6/c1-5-16-11-20-19(17-9-7-6-8-10-17)12-23(24-2)25-21(20)13-22(16)29-15-18(26-27-29)14-28(3)4;1-2/h5,11-13,15,17H,1,6-10,14H2,2-4H3,(H,24,25);1-2H3. The van der Waals surface area contributed by atoms with Crippen LogP contribution in [0, 0.1) is 0 Å². The normalized spacial score (nSPS) is 14.4. The van der Waals surface area contributed by atoms with Crippen molar-refractivity contribution >= 4 is 22.8 Å². The van der Waals surface area contributed by atoms with Gasteiger partial charge in [-0.3, -0.25) is 0 Å². The quantitative estimate of drug-likeness (QED) is 0.559. The lowest BCUT2D eigenvalue weighted by Crippen LogP contribution is -2.10. The van der Waals surface area contributed by atoms with Crippen molar-refractivity contribution in [1.29, 1.82) is 0 Å². The molecule has 2 aromatic heterocycles. The molecule has 2 heterocycles. The molecule has 0 unspecified atom stereocenters. The Hall–Kier alpha value is -2.73. The Bertz CT molecular complexity index is 1010. The maximum absolute atomic E-state index is 4.85. The van der Waals surface area contributed by atoms with E-state index in [-0.39, 0.29) is 0 Å². The molecule has 0 atom stereocenters. The van der Waals surface area contributed by atoms with Gasteiger partial charge in [0.15, 0.2) is 0 Å². The molecule has 1 N–H and O–H groups in total. The lowest BCUT2D eigenvalue weighted by atomic mass is 9.82. The number of rotatable bonds is 6. The summed E-state index contributed by atoms with van der Waals surface area (Å²) in [5.41, 5.74) is 5.34. The van der Waals surface area contributed by atoms with Gasteiger partial charge in [-0.25, -0.2) is 9.67 Å². The highest BCUT2D eigenvalue weighted by Crippen LogP contribution is 2.38. The van der Waals surface area contributed by atoms with Crippen LogP contribution in [0.3, 0.4) is 0 Å². The van der Waals surface area contributed by atoms with Gasteiger partial charge in [-0.05, 0) is 56.6 Å². The SMILES string of the molecule is C=Cc1cc2c(C3CCCCC3)cc(NC)nc2cc1-n1cc(CN(C)C)nn1.CC. The molecule has 0 spiro atoms. The van der Waals surface area contributed by atoms with Crippen LogP contribution in [0.25, 0.3) is 22.7 Å². The summed E-state index contributed by atoms with van der Waals surface area (Å²) >= 11 is 0. The van der Waals surface area contributed by atoms with Crippen LogP contribution < -0.4 is 5.32 Å². The average molecular weight is 421 g/mol. The Morgan fingerprint density at radius 2 is 1.90 bits per heavy atom. The molecule has 4 rings (SSSR count). The van der Waals surface area contributed by atoms with E-state index in [0.717, 1.165) is 34.8 Å². The molecule has 3 aromatic rings. The number of benzene rings is 1. The van der Waals surface area contributed by atoms with E-state index in [1.54, 1.807) is 0 Å². The summed E-state index contributed by atoms with van der Waals surface area (Å²) in [7, 11) is 5.99. The maximum atomic E-state index is 4.85. The molecule has 0 saturated heterocycles. The van der Waals surface area contributed by atoms with Crippen LogP contribution in [0.2, 0.25) is 0 Å². The molecule has 31 heavy (non-hydrogen) atoms. The average Bonchev–Trinajstić information content (AvgIpc) is 3.26. The lowest BCUT2D eigenvalue weighted by Gasteiger charge is -2.24. The topological polar surface area (TPSA) is 58.9 Å². The van der Waals surface area contributed by atoms with Crippen molar-refractivity contribution in [2.24, 2.45) is 0 Å². The second-order valence-corrected chi connectivity index (χ2v) is 8.21. The number of hydrogen-bond donors (Lipinski definition) is 1. The molecule has 6 nitrogen and oxygen atoms in total. The van der Waals surface area contributed by atoms with Crippen LogP contribution in [0.15, 0.2) is 31.0 Å². The summed E-state index contributed by atoms with van der Waals surface area (Å²) in [6, 6.07) is 6.57. The number of pyridine rings is 1. The first kappa shape index (κ1) is 22.9. The van der Waals surface area contributed by atoms with Crippen molar-refractivity contribution in [3.8, 4) is 5.69 Å². The molecule has 0 aliphatic heterocycles. The zero-order valence-electron chi connectivity index (χ0n) is 19.6. The number of fused-ring (bicyclic) bond motifs is 1. The Labute approximate surface area is 186 Å². The summed E-state index contributed by atoms with van der Waals surface area (Å²) in [5.74, 6) is 1.52. The third-order valence-corrected chi connectivity index (χ3v) is 5.78. The van der Waals surface area contributed by atoms with Gasteiger partial charge in [0, 0.05) is 24.5 Å². The van der Waals surface area contributed by atoms with Crippen molar-refractivity contribution in [3.05, 3.63) is 47.8 Å². The van der Waals surface area contributed by atoms with E-state index in [0.29, 0.717) is 5.92 Å². The largest absolute Gasteiger partial charge is 0.373 e. The van der Waals surface area contributed by atoms with Crippen molar-refractivity contribution in [2.45, 2.75) is 58.4 Å². The third-order valence-electron chi connectivity index (χ3n) is 5.78. The van der Waals surface area contributed by atoms with Gasteiger partial charge in [0.2, 0.25) is 0 Å². The lowest BCUT2D eigenvalue weighted by molar-refractivity contribution is 0.396. The molecule has 1 aliphatic rings. The Morgan fingerprint density at radius 1 is 1.16 bits per heavy atom. The molecule has 0 bridgehead atoms. The molecular weight excluding hydrogens is 384 g/mol. The number of nitrogens with one attached hydrogen (secondary N) is 1. The summed E-state index contributed by atoms with van der Waals surface area (Å²) in [6.45, 7) is 8.81. The highest BCUT2D eigenvalue weighted by atomic mass is 15.4. The second-order valence-electron chi connectivity index (χ2n) is 8.21. The molecule has 166 valence electrons. The minimum absolute atomic E-state index is 0.600. The van der Waals surface area contributed by atoms with Gasteiger partial charge >= 0.3 is 0 Å². The Kier molecular flexibility index (Phi) is 7.80. The number of aromatic nitrogens is 4. The first-order chi connectivity index (χ1) is 15.1. The summed E-state index contributed by atoms with van der Waals surface area (Å²) < 4.78 is 1.84. The fraction of sp³-hybridized carbons (Fsp3) is 0.480. The molecule has 1 fully saturated rings.